The van der Waals surface area contributed by atoms with Crippen molar-refractivity contribution in [3.63, 3.8) is 0 Å². The maximum absolute atomic E-state index is 12.6. The third-order valence-corrected chi connectivity index (χ3v) is 5.28. The first-order valence-corrected chi connectivity index (χ1v) is 8.92. The fourth-order valence-corrected chi connectivity index (χ4v) is 3.86. The second-order valence-corrected chi connectivity index (χ2v) is 6.72. The van der Waals surface area contributed by atoms with E-state index in [0.29, 0.717) is 18.4 Å². The van der Waals surface area contributed by atoms with E-state index >= 15 is 0 Å². The van der Waals surface area contributed by atoms with Crippen LogP contribution in [0.5, 0.6) is 5.75 Å². The van der Waals surface area contributed by atoms with E-state index in [-0.39, 0.29) is 11.5 Å². The highest BCUT2D eigenvalue weighted by molar-refractivity contribution is 7.14. The third kappa shape index (κ3) is 3.58. The summed E-state index contributed by atoms with van der Waals surface area (Å²) in [6.45, 7) is 2.33. The standard InChI is InChI=1S/C19H20N2O3S/c1-3-16(21-19(23)15-6-4-5-7-17(15)25-21)18(22)20-12-13-8-10-14(24-2)11-9-13/h4-11,16H,3,12H2,1-2H3,(H,20,22). The van der Waals surface area contributed by atoms with Crippen LogP contribution in [0.3, 0.4) is 0 Å². The molecule has 1 atom stereocenters. The van der Waals surface area contributed by atoms with Gasteiger partial charge in [0, 0.05) is 6.54 Å². The number of benzene rings is 2. The normalized spacial score (nSPS) is 12.1. The lowest BCUT2D eigenvalue weighted by Crippen LogP contribution is -2.34. The molecular weight excluding hydrogens is 336 g/mol. The minimum absolute atomic E-state index is 0.105. The van der Waals surface area contributed by atoms with Gasteiger partial charge in [-0.1, -0.05) is 42.7 Å². The second-order valence-electron chi connectivity index (χ2n) is 5.71. The Hall–Kier alpha value is -2.60. The molecule has 1 aromatic heterocycles. The van der Waals surface area contributed by atoms with Crippen LogP contribution < -0.4 is 15.6 Å². The lowest BCUT2D eigenvalue weighted by molar-refractivity contribution is -0.124. The Kier molecular flexibility index (Phi) is 5.19. The van der Waals surface area contributed by atoms with Crippen molar-refractivity contribution in [3.8, 4) is 5.75 Å². The Morgan fingerprint density at radius 3 is 2.56 bits per heavy atom. The van der Waals surface area contributed by atoms with Gasteiger partial charge in [0.1, 0.15) is 11.8 Å². The average molecular weight is 356 g/mol. The zero-order valence-electron chi connectivity index (χ0n) is 14.2. The number of nitrogens with zero attached hydrogens (tertiary/aromatic N) is 1. The van der Waals surface area contributed by atoms with Crippen molar-refractivity contribution < 1.29 is 9.53 Å². The van der Waals surface area contributed by atoms with Crippen molar-refractivity contribution in [3.05, 3.63) is 64.4 Å². The minimum Gasteiger partial charge on any atom is -0.497 e. The zero-order chi connectivity index (χ0) is 17.8. The van der Waals surface area contributed by atoms with Crippen LogP contribution in [0.1, 0.15) is 24.9 Å². The molecule has 0 fully saturated rings. The summed E-state index contributed by atoms with van der Waals surface area (Å²) >= 11 is 1.34. The summed E-state index contributed by atoms with van der Waals surface area (Å²) in [6.07, 6.45) is 0.557. The maximum Gasteiger partial charge on any atom is 0.269 e. The van der Waals surface area contributed by atoms with Gasteiger partial charge in [-0.15, -0.1) is 0 Å². The molecular formula is C19H20N2O3S. The van der Waals surface area contributed by atoms with E-state index in [1.54, 1.807) is 17.1 Å². The average Bonchev–Trinajstić information content (AvgIpc) is 2.98. The number of carbonyl (C=O) groups is 1. The topological polar surface area (TPSA) is 60.3 Å². The van der Waals surface area contributed by atoms with Gasteiger partial charge in [0.25, 0.3) is 5.56 Å². The Morgan fingerprint density at radius 2 is 1.92 bits per heavy atom. The van der Waals surface area contributed by atoms with Crippen molar-refractivity contribution in [2.24, 2.45) is 0 Å². The highest BCUT2D eigenvalue weighted by atomic mass is 32.1. The molecule has 1 amide bonds. The van der Waals surface area contributed by atoms with E-state index < -0.39 is 6.04 Å². The highest BCUT2D eigenvalue weighted by Crippen LogP contribution is 2.21. The summed E-state index contributed by atoms with van der Waals surface area (Å²) in [6, 6.07) is 14.5. The van der Waals surface area contributed by atoms with Gasteiger partial charge in [0.05, 0.1) is 17.2 Å². The van der Waals surface area contributed by atoms with Crippen LogP contribution in [0.15, 0.2) is 53.3 Å². The molecule has 1 heterocycles. The Bertz CT molecular complexity index is 928. The van der Waals surface area contributed by atoms with Gasteiger partial charge in [-0.2, -0.15) is 0 Å². The molecule has 0 aliphatic carbocycles. The molecule has 0 bridgehead atoms. The molecule has 6 heteroatoms. The third-order valence-electron chi connectivity index (χ3n) is 4.11. The summed E-state index contributed by atoms with van der Waals surface area (Å²) in [4.78, 5) is 25.2. The second kappa shape index (κ2) is 7.53. The van der Waals surface area contributed by atoms with Crippen molar-refractivity contribution in [2.45, 2.75) is 25.9 Å². The molecule has 3 aromatic rings. The van der Waals surface area contributed by atoms with Gasteiger partial charge >= 0.3 is 0 Å². The molecule has 2 aromatic carbocycles. The SMILES string of the molecule is CCC(C(=O)NCc1ccc(OC)cc1)n1sc2ccccc2c1=O. The number of nitrogens with one attached hydrogen (secondary N) is 1. The lowest BCUT2D eigenvalue weighted by atomic mass is 10.2. The monoisotopic (exact) mass is 356 g/mol. The van der Waals surface area contributed by atoms with Crippen molar-refractivity contribution >= 4 is 27.5 Å². The fourth-order valence-electron chi connectivity index (χ4n) is 2.70. The molecule has 0 saturated heterocycles. The van der Waals surface area contributed by atoms with Crippen LogP contribution in [0.25, 0.3) is 10.1 Å². The number of ether oxygens (including phenoxy) is 1. The smallest absolute Gasteiger partial charge is 0.269 e. The van der Waals surface area contributed by atoms with Crippen molar-refractivity contribution in [1.29, 1.82) is 0 Å². The number of methoxy groups -OCH3 is 1. The molecule has 0 aliphatic heterocycles. The summed E-state index contributed by atoms with van der Waals surface area (Å²) in [5.74, 6) is 0.630. The summed E-state index contributed by atoms with van der Waals surface area (Å²) < 4.78 is 7.60. The fraction of sp³-hybridized carbons (Fsp3) is 0.263. The Balaban J connectivity index is 1.76. The maximum atomic E-state index is 12.6. The first kappa shape index (κ1) is 17.2. The van der Waals surface area contributed by atoms with Crippen LogP contribution in [-0.4, -0.2) is 17.0 Å². The van der Waals surface area contributed by atoms with Gasteiger partial charge in [-0.3, -0.25) is 13.5 Å². The van der Waals surface area contributed by atoms with Crippen LogP contribution in [-0.2, 0) is 11.3 Å². The molecule has 0 aliphatic rings. The van der Waals surface area contributed by atoms with Crippen LogP contribution in [0.4, 0.5) is 0 Å². The van der Waals surface area contributed by atoms with Gasteiger partial charge in [-0.05, 0) is 36.2 Å². The van der Waals surface area contributed by atoms with E-state index in [4.69, 9.17) is 4.74 Å². The van der Waals surface area contributed by atoms with E-state index in [1.807, 2.05) is 49.4 Å². The largest absolute Gasteiger partial charge is 0.497 e. The molecule has 1 unspecified atom stereocenters. The predicted molar refractivity (Wildman–Crippen MR) is 100 cm³/mol. The number of fused-ring (bicyclic) bond motifs is 1. The molecule has 1 N–H and O–H groups in total. The number of rotatable bonds is 6. The first-order chi connectivity index (χ1) is 12.1. The van der Waals surface area contributed by atoms with Gasteiger partial charge < -0.3 is 10.1 Å². The number of carbonyl (C=O) groups excluding carboxylic acids is 1. The molecule has 0 spiro atoms. The summed E-state index contributed by atoms with van der Waals surface area (Å²) in [5.41, 5.74) is 0.875. The number of hydrogen-bond acceptors (Lipinski definition) is 4. The van der Waals surface area contributed by atoms with Crippen molar-refractivity contribution in [1.82, 2.24) is 9.27 Å². The van der Waals surface area contributed by atoms with Gasteiger partial charge in [0.15, 0.2) is 0 Å². The summed E-state index contributed by atoms with van der Waals surface area (Å²) in [5, 5.41) is 3.59. The van der Waals surface area contributed by atoms with E-state index in [2.05, 4.69) is 5.32 Å². The highest BCUT2D eigenvalue weighted by Gasteiger charge is 2.22. The minimum atomic E-state index is -0.497. The van der Waals surface area contributed by atoms with E-state index in [9.17, 15) is 9.59 Å². The first-order valence-electron chi connectivity index (χ1n) is 8.15. The molecule has 0 saturated carbocycles. The lowest BCUT2D eigenvalue weighted by Gasteiger charge is -2.15. The predicted octanol–water partition coefficient (Wildman–Crippen LogP) is 3.34. The quantitative estimate of drug-likeness (QED) is 0.737. The van der Waals surface area contributed by atoms with Crippen molar-refractivity contribution in [2.75, 3.05) is 7.11 Å². The Morgan fingerprint density at radius 1 is 1.20 bits per heavy atom. The molecule has 25 heavy (non-hydrogen) atoms. The molecule has 130 valence electrons. The van der Waals surface area contributed by atoms with E-state index in [0.717, 1.165) is 16.0 Å². The Labute approximate surface area is 150 Å². The molecule has 0 radical (unpaired) electrons. The number of hydrogen-bond donors (Lipinski definition) is 1. The van der Waals surface area contributed by atoms with Gasteiger partial charge in [-0.25, -0.2) is 0 Å². The molecule has 3 rings (SSSR count). The van der Waals surface area contributed by atoms with Crippen LogP contribution >= 0.6 is 11.5 Å². The number of aromatic nitrogens is 1. The van der Waals surface area contributed by atoms with Crippen LogP contribution in [0.2, 0.25) is 0 Å². The zero-order valence-corrected chi connectivity index (χ0v) is 15.0. The number of amides is 1. The van der Waals surface area contributed by atoms with E-state index in [1.165, 1.54) is 11.5 Å². The van der Waals surface area contributed by atoms with Gasteiger partial charge in [0.2, 0.25) is 5.91 Å². The summed E-state index contributed by atoms with van der Waals surface area (Å²) in [7, 11) is 1.62. The van der Waals surface area contributed by atoms with Crippen LogP contribution in [0, 0.1) is 0 Å². The molecule has 5 nitrogen and oxygen atoms in total.